The summed E-state index contributed by atoms with van der Waals surface area (Å²) in [4.78, 5) is 19.8. The maximum Gasteiger partial charge on any atom is 0.345 e. The number of hydrogen-bond donors (Lipinski definition) is 2. The number of aromatic nitrogens is 4. The van der Waals surface area contributed by atoms with Gasteiger partial charge in [0.05, 0.1) is 31.0 Å². The fraction of sp³-hybridized carbons (Fsp3) is 0.182. The summed E-state index contributed by atoms with van der Waals surface area (Å²) in [7, 11) is 2.91. The summed E-state index contributed by atoms with van der Waals surface area (Å²) in [5.74, 6) is 1.15. The zero-order valence-corrected chi connectivity index (χ0v) is 20.2. The first-order valence-electron chi connectivity index (χ1n) is 9.75. The van der Waals surface area contributed by atoms with E-state index in [1.807, 2.05) is 48.5 Å². The van der Waals surface area contributed by atoms with Gasteiger partial charge < -0.3 is 19.6 Å². The lowest BCUT2D eigenvalue weighted by Gasteiger charge is -2.06. The van der Waals surface area contributed by atoms with Gasteiger partial charge in [-0.15, -0.1) is 10.2 Å². The Morgan fingerprint density at radius 1 is 1.06 bits per heavy atom. The lowest BCUT2D eigenvalue weighted by atomic mass is 10.2. The van der Waals surface area contributed by atoms with Crippen molar-refractivity contribution < 1.29 is 19.4 Å². The molecule has 0 aliphatic rings. The number of benzene rings is 2. The number of nitrogens with one attached hydrogen (secondary N) is 1. The van der Waals surface area contributed by atoms with Gasteiger partial charge in [-0.05, 0) is 29.8 Å². The Kier molecular flexibility index (Phi) is 7.53. The lowest BCUT2D eigenvalue weighted by Crippen LogP contribution is -2.09. The van der Waals surface area contributed by atoms with E-state index in [0.29, 0.717) is 9.86 Å². The summed E-state index contributed by atoms with van der Waals surface area (Å²) < 4.78 is 11.5. The summed E-state index contributed by atoms with van der Waals surface area (Å²) in [6.45, 7) is 0. The third kappa shape index (κ3) is 5.67. The van der Waals surface area contributed by atoms with Crippen LogP contribution in [0.3, 0.4) is 0 Å². The minimum atomic E-state index is -0.667. The number of aliphatic hydroxyl groups is 1. The molecule has 0 atom stereocenters. The molecule has 0 radical (unpaired) electrons. The largest absolute Gasteiger partial charge is 0.510 e. The molecule has 2 heterocycles. The molecule has 8 nitrogen and oxygen atoms in total. The highest BCUT2D eigenvalue weighted by atomic mass is 32.2. The number of ether oxygens (including phenoxy) is 2. The Morgan fingerprint density at radius 3 is 2.48 bits per heavy atom. The van der Waals surface area contributed by atoms with E-state index in [2.05, 4.69) is 20.2 Å². The number of carbonyl (C=O) groups excluding carboxylic acids is 1. The van der Waals surface area contributed by atoms with Crippen molar-refractivity contribution in [1.29, 1.82) is 0 Å². The molecule has 33 heavy (non-hydrogen) atoms. The van der Waals surface area contributed by atoms with Gasteiger partial charge in [-0.25, -0.2) is 9.78 Å². The van der Waals surface area contributed by atoms with Crippen molar-refractivity contribution in [1.82, 2.24) is 20.2 Å². The summed E-state index contributed by atoms with van der Waals surface area (Å²) in [5, 5.41) is 19.1. The molecule has 0 unspecified atom stereocenters. The zero-order valence-electron chi connectivity index (χ0n) is 17.8. The van der Waals surface area contributed by atoms with Gasteiger partial charge in [0.2, 0.25) is 0 Å². The summed E-state index contributed by atoms with van der Waals surface area (Å²) in [6.07, 6.45) is 0. The molecule has 2 N–H and O–H groups in total. The molecule has 2 aromatic heterocycles. The van der Waals surface area contributed by atoms with Crippen LogP contribution in [0.1, 0.15) is 11.4 Å². The van der Waals surface area contributed by atoms with Crippen molar-refractivity contribution in [2.75, 3.05) is 20.0 Å². The molecule has 0 fully saturated rings. The predicted octanol–water partition coefficient (Wildman–Crippen LogP) is 4.95. The first kappa shape index (κ1) is 23.1. The highest BCUT2D eigenvalue weighted by molar-refractivity contribution is 8.03. The molecule has 0 saturated carbocycles. The number of rotatable bonds is 9. The molecule has 0 spiro atoms. The smallest absolute Gasteiger partial charge is 0.345 e. The fourth-order valence-electron chi connectivity index (χ4n) is 2.91. The third-order valence-corrected chi connectivity index (χ3v) is 7.82. The lowest BCUT2D eigenvalue weighted by molar-refractivity contribution is -0.133. The normalized spacial score (nSPS) is 11.9. The maximum atomic E-state index is 12.4. The average Bonchev–Trinajstić information content (AvgIpc) is 3.48. The number of carbonyl (C=O) groups is 1. The highest BCUT2D eigenvalue weighted by Gasteiger charge is 2.22. The number of aliphatic hydroxyl groups excluding tert-OH is 1. The molecule has 0 aliphatic carbocycles. The minimum absolute atomic E-state index is 0.000167. The Labute approximate surface area is 202 Å². The van der Waals surface area contributed by atoms with Crippen LogP contribution in [0.15, 0.2) is 63.0 Å². The topological polar surface area (TPSA) is 110 Å². The van der Waals surface area contributed by atoms with Gasteiger partial charge in [-0.2, -0.15) is 0 Å². The minimum Gasteiger partial charge on any atom is -0.510 e. The average molecular weight is 501 g/mol. The number of methoxy groups -OCH3 is 2. The number of hydrogen-bond acceptors (Lipinski definition) is 10. The second-order valence-corrected chi connectivity index (χ2v) is 10.1. The van der Waals surface area contributed by atoms with Gasteiger partial charge in [0.1, 0.15) is 22.9 Å². The summed E-state index contributed by atoms with van der Waals surface area (Å²) in [6, 6.07) is 15.3. The van der Waals surface area contributed by atoms with E-state index in [4.69, 9.17) is 9.47 Å². The van der Waals surface area contributed by atoms with Crippen molar-refractivity contribution in [3.05, 3.63) is 65.7 Å². The molecule has 4 rings (SSSR count). The number of thioether (sulfide) groups is 2. The number of nitrogens with zero attached hydrogens (tertiary/aromatic N) is 3. The highest BCUT2D eigenvalue weighted by Crippen LogP contribution is 2.32. The van der Waals surface area contributed by atoms with E-state index in [1.165, 1.54) is 30.2 Å². The Balaban J connectivity index is 1.43. The monoisotopic (exact) mass is 500 g/mol. The van der Waals surface area contributed by atoms with E-state index < -0.39 is 5.97 Å². The van der Waals surface area contributed by atoms with Crippen molar-refractivity contribution in [3.63, 3.8) is 0 Å². The van der Waals surface area contributed by atoms with Crippen LogP contribution < -0.4 is 4.74 Å². The number of imidazole rings is 1. The Morgan fingerprint density at radius 2 is 1.79 bits per heavy atom. The number of para-hydroxylation sites is 2. The molecule has 0 amide bonds. The van der Waals surface area contributed by atoms with Crippen molar-refractivity contribution in [3.8, 4) is 5.75 Å². The van der Waals surface area contributed by atoms with Crippen LogP contribution in [0.25, 0.3) is 16.6 Å². The van der Waals surface area contributed by atoms with E-state index in [-0.39, 0.29) is 22.9 Å². The third-order valence-electron chi connectivity index (χ3n) is 4.55. The molecule has 11 heteroatoms. The van der Waals surface area contributed by atoms with Gasteiger partial charge >= 0.3 is 5.97 Å². The van der Waals surface area contributed by atoms with Gasteiger partial charge in [-0.3, -0.25) is 0 Å². The van der Waals surface area contributed by atoms with Crippen LogP contribution in [0.2, 0.25) is 0 Å². The molecule has 2 aromatic carbocycles. The van der Waals surface area contributed by atoms with Crippen LogP contribution in [0.5, 0.6) is 5.75 Å². The first-order chi connectivity index (χ1) is 16.1. The van der Waals surface area contributed by atoms with Crippen LogP contribution in [0, 0.1) is 0 Å². The van der Waals surface area contributed by atoms with Crippen molar-refractivity contribution >= 4 is 57.4 Å². The van der Waals surface area contributed by atoms with E-state index in [9.17, 15) is 9.90 Å². The van der Waals surface area contributed by atoms with Crippen molar-refractivity contribution in [2.24, 2.45) is 0 Å². The molecular formula is C22H20N4O4S3. The summed E-state index contributed by atoms with van der Waals surface area (Å²) >= 11 is 4.31. The molecule has 0 saturated heterocycles. The second kappa shape index (κ2) is 10.7. The van der Waals surface area contributed by atoms with Crippen LogP contribution in [0.4, 0.5) is 0 Å². The SMILES string of the molecule is COC(=O)C(=C(O)CSc1nnc(SCc2ccc(OC)cc2)s1)c1nc2ccccc2[nH]1. The molecule has 0 aliphatic heterocycles. The van der Waals surface area contributed by atoms with E-state index in [1.54, 1.807) is 18.9 Å². The van der Waals surface area contributed by atoms with Crippen LogP contribution >= 0.6 is 34.9 Å². The number of aromatic amines is 1. The summed E-state index contributed by atoms with van der Waals surface area (Å²) in [5.41, 5.74) is 2.60. The van der Waals surface area contributed by atoms with E-state index >= 15 is 0 Å². The second-order valence-electron chi connectivity index (χ2n) is 6.68. The zero-order chi connectivity index (χ0) is 23.2. The van der Waals surface area contributed by atoms with Crippen molar-refractivity contribution in [2.45, 2.75) is 14.4 Å². The Bertz CT molecular complexity index is 1250. The van der Waals surface area contributed by atoms with E-state index in [0.717, 1.165) is 26.9 Å². The fourth-order valence-corrected chi connectivity index (χ4v) is 5.76. The molecule has 4 aromatic rings. The molecular weight excluding hydrogens is 480 g/mol. The quantitative estimate of drug-likeness (QED) is 0.143. The number of H-pyrrole nitrogens is 1. The van der Waals surface area contributed by atoms with Gasteiger partial charge in [0.25, 0.3) is 0 Å². The van der Waals surface area contributed by atoms with Crippen LogP contribution in [-0.2, 0) is 15.3 Å². The predicted molar refractivity (Wildman–Crippen MR) is 131 cm³/mol. The first-order valence-corrected chi connectivity index (χ1v) is 12.5. The number of fused-ring (bicyclic) bond motifs is 1. The molecule has 170 valence electrons. The van der Waals surface area contributed by atoms with Gasteiger partial charge in [0.15, 0.2) is 8.68 Å². The number of esters is 1. The molecule has 0 bridgehead atoms. The van der Waals surface area contributed by atoms with Crippen LogP contribution in [-0.4, -0.2) is 51.2 Å². The Hall–Kier alpha value is -3.02. The van der Waals surface area contributed by atoms with Gasteiger partial charge in [-0.1, -0.05) is 59.1 Å². The van der Waals surface area contributed by atoms with Gasteiger partial charge in [0, 0.05) is 5.75 Å². The maximum absolute atomic E-state index is 12.4. The standard InChI is InChI=1S/C22H20N4O4S3/c1-29-14-9-7-13(8-10-14)11-31-21-25-26-22(33-21)32-12-17(27)18(20(28)30-2)19-23-15-5-3-4-6-16(15)24-19/h3-10,27H,11-12H2,1-2H3,(H,23,24).